The number of aromatic nitrogens is 1. The van der Waals surface area contributed by atoms with Gasteiger partial charge in [0.05, 0.1) is 10.6 Å². The lowest BCUT2D eigenvalue weighted by Crippen LogP contribution is -2.15. The monoisotopic (exact) mass is 261 g/mol. The number of nitrogens with two attached hydrogens (primary N) is 1. The molecule has 4 nitrogen and oxygen atoms in total. The zero-order chi connectivity index (χ0) is 13.1. The number of nitrogens with zero attached hydrogens (tertiary/aromatic N) is 1. The number of benzene rings is 1. The summed E-state index contributed by atoms with van der Waals surface area (Å²) in [5, 5.41) is 2.99. The van der Waals surface area contributed by atoms with Crippen LogP contribution in [0.3, 0.4) is 0 Å². The van der Waals surface area contributed by atoms with E-state index in [4.69, 9.17) is 17.3 Å². The number of nitrogens with one attached hydrogen (secondary N) is 1. The average Bonchev–Trinajstić information content (AvgIpc) is 2.28. The largest absolute Gasteiger partial charge is 0.398 e. The van der Waals surface area contributed by atoms with Crippen molar-refractivity contribution in [2.75, 3.05) is 11.1 Å². The van der Waals surface area contributed by atoms with E-state index >= 15 is 0 Å². The number of aryl methyl sites for hydroxylation is 1. The number of amides is 1. The first-order valence-electron chi connectivity index (χ1n) is 5.36. The van der Waals surface area contributed by atoms with Gasteiger partial charge < -0.3 is 11.1 Å². The van der Waals surface area contributed by atoms with Gasteiger partial charge in [0, 0.05) is 11.9 Å². The van der Waals surface area contributed by atoms with E-state index in [1.807, 2.05) is 13.0 Å². The molecule has 0 bridgehead atoms. The minimum absolute atomic E-state index is 0.266. The molecule has 18 heavy (non-hydrogen) atoms. The fraction of sp³-hybridized carbons (Fsp3) is 0.0769. The van der Waals surface area contributed by atoms with Crippen molar-refractivity contribution in [2.45, 2.75) is 6.92 Å². The second-order valence-corrected chi connectivity index (χ2v) is 4.28. The van der Waals surface area contributed by atoms with Crippen molar-refractivity contribution >= 4 is 29.0 Å². The van der Waals surface area contributed by atoms with Crippen molar-refractivity contribution < 1.29 is 4.79 Å². The quantitative estimate of drug-likeness (QED) is 0.817. The van der Waals surface area contributed by atoms with E-state index in [-0.39, 0.29) is 11.5 Å². The molecule has 0 aliphatic heterocycles. The number of hydrogen-bond donors (Lipinski definition) is 2. The van der Waals surface area contributed by atoms with Crippen molar-refractivity contribution in [3.63, 3.8) is 0 Å². The van der Waals surface area contributed by atoms with Crippen LogP contribution >= 0.6 is 11.6 Å². The number of nitrogen functional groups attached to an aromatic ring is 1. The molecule has 2 rings (SSSR count). The Morgan fingerprint density at radius 3 is 2.83 bits per heavy atom. The molecular formula is C13H12ClN3O. The molecule has 0 radical (unpaired) electrons. The minimum Gasteiger partial charge on any atom is -0.398 e. The van der Waals surface area contributed by atoms with E-state index in [0.29, 0.717) is 16.5 Å². The first kappa shape index (κ1) is 12.4. The van der Waals surface area contributed by atoms with Gasteiger partial charge in [0.25, 0.3) is 5.91 Å². The topological polar surface area (TPSA) is 68.0 Å². The molecule has 1 heterocycles. The Labute approximate surface area is 110 Å². The molecule has 5 heteroatoms. The third kappa shape index (κ3) is 2.60. The zero-order valence-electron chi connectivity index (χ0n) is 9.77. The fourth-order valence-electron chi connectivity index (χ4n) is 1.56. The standard InChI is InChI=1S/C13H12ClN3O/c1-8-5-6-16-11(7-8)17-13(18)12-9(14)3-2-4-10(12)15/h2-7H,15H2,1H3,(H,16,17,18). The Kier molecular flexibility index (Phi) is 3.48. The lowest BCUT2D eigenvalue weighted by Gasteiger charge is -2.08. The molecule has 1 amide bonds. The molecule has 3 N–H and O–H groups in total. The summed E-state index contributed by atoms with van der Waals surface area (Å²) in [7, 11) is 0. The highest BCUT2D eigenvalue weighted by molar-refractivity contribution is 6.35. The van der Waals surface area contributed by atoms with Gasteiger partial charge in [-0.05, 0) is 36.8 Å². The molecular weight excluding hydrogens is 250 g/mol. The van der Waals surface area contributed by atoms with Gasteiger partial charge in [0.15, 0.2) is 0 Å². The maximum absolute atomic E-state index is 12.1. The van der Waals surface area contributed by atoms with E-state index < -0.39 is 0 Å². The van der Waals surface area contributed by atoms with Gasteiger partial charge in [-0.1, -0.05) is 17.7 Å². The van der Waals surface area contributed by atoms with Crippen molar-refractivity contribution in [3.05, 3.63) is 52.7 Å². The summed E-state index contributed by atoms with van der Waals surface area (Å²) in [6.07, 6.45) is 1.63. The molecule has 1 aromatic heterocycles. The number of halogens is 1. The summed E-state index contributed by atoms with van der Waals surface area (Å²) in [5.41, 5.74) is 7.35. The van der Waals surface area contributed by atoms with E-state index in [1.54, 1.807) is 30.5 Å². The number of hydrogen-bond acceptors (Lipinski definition) is 3. The van der Waals surface area contributed by atoms with Gasteiger partial charge in [0.2, 0.25) is 0 Å². The Morgan fingerprint density at radius 1 is 1.39 bits per heavy atom. The van der Waals surface area contributed by atoms with Crippen LogP contribution in [-0.2, 0) is 0 Å². The number of carbonyl (C=O) groups excluding carboxylic acids is 1. The summed E-state index contributed by atoms with van der Waals surface area (Å²) in [6.45, 7) is 1.92. The highest BCUT2D eigenvalue weighted by Gasteiger charge is 2.14. The van der Waals surface area contributed by atoms with Gasteiger partial charge in [-0.25, -0.2) is 4.98 Å². The van der Waals surface area contributed by atoms with Crippen molar-refractivity contribution in [1.82, 2.24) is 4.98 Å². The van der Waals surface area contributed by atoms with Crippen LogP contribution in [0, 0.1) is 6.92 Å². The minimum atomic E-state index is -0.365. The predicted molar refractivity (Wildman–Crippen MR) is 72.8 cm³/mol. The van der Waals surface area contributed by atoms with Crippen LogP contribution < -0.4 is 11.1 Å². The van der Waals surface area contributed by atoms with Crippen LogP contribution in [0.5, 0.6) is 0 Å². The maximum Gasteiger partial charge on any atom is 0.260 e. The van der Waals surface area contributed by atoms with Crippen LogP contribution in [0.15, 0.2) is 36.5 Å². The molecule has 1 aromatic carbocycles. The Bertz CT molecular complexity index is 578. The highest BCUT2D eigenvalue weighted by Crippen LogP contribution is 2.22. The van der Waals surface area contributed by atoms with Gasteiger partial charge in [-0.2, -0.15) is 0 Å². The van der Waals surface area contributed by atoms with E-state index in [9.17, 15) is 4.79 Å². The van der Waals surface area contributed by atoms with E-state index in [1.165, 1.54) is 0 Å². The second kappa shape index (κ2) is 5.06. The van der Waals surface area contributed by atoms with Gasteiger partial charge in [0.1, 0.15) is 5.82 Å². The summed E-state index contributed by atoms with van der Waals surface area (Å²) in [4.78, 5) is 16.1. The van der Waals surface area contributed by atoms with Crippen molar-refractivity contribution in [1.29, 1.82) is 0 Å². The lowest BCUT2D eigenvalue weighted by molar-refractivity contribution is 0.102. The third-order valence-electron chi connectivity index (χ3n) is 2.43. The van der Waals surface area contributed by atoms with Gasteiger partial charge in [-0.3, -0.25) is 4.79 Å². The van der Waals surface area contributed by atoms with Crippen LogP contribution in [0.2, 0.25) is 5.02 Å². The predicted octanol–water partition coefficient (Wildman–Crippen LogP) is 2.88. The number of carbonyl (C=O) groups is 1. The molecule has 92 valence electrons. The lowest BCUT2D eigenvalue weighted by atomic mass is 10.1. The number of pyridine rings is 1. The summed E-state index contributed by atoms with van der Waals surface area (Å²) in [5.74, 6) is 0.107. The number of anilines is 2. The molecule has 0 atom stereocenters. The first-order chi connectivity index (χ1) is 8.58. The van der Waals surface area contributed by atoms with Crippen LogP contribution in [-0.4, -0.2) is 10.9 Å². The maximum atomic E-state index is 12.1. The van der Waals surface area contributed by atoms with Crippen LogP contribution in [0.4, 0.5) is 11.5 Å². The molecule has 0 aliphatic carbocycles. The second-order valence-electron chi connectivity index (χ2n) is 3.88. The smallest absolute Gasteiger partial charge is 0.260 e. The first-order valence-corrected chi connectivity index (χ1v) is 5.73. The zero-order valence-corrected chi connectivity index (χ0v) is 10.5. The third-order valence-corrected chi connectivity index (χ3v) is 2.74. The van der Waals surface area contributed by atoms with Gasteiger partial charge in [-0.15, -0.1) is 0 Å². The van der Waals surface area contributed by atoms with Crippen LogP contribution in [0.1, 0.15) is 15.9 Å². The molecule has 0 saturated carbocycles. The number of rotatable bonds is 2. The SMILES string of the molecule is Cc1ccnc(NC(=O)c2c(N)cccc2Cl)c1. The molecule has 2 aromatic rings. The van der Waals surface area contributed by atoms with Crippen molar-refractivity contribution in [3.8, 4) is 0 Å². The average molecular weight is 262 g/mol. The van der Waals surface area contributed by atoms with E-state index in [2.05, 4.69) is 10.3 Å². The summed E-state index contributed by atoms with van der Waals surface area (Å²) >= 11 is 5.96. The Morgan fingerprint density at radius 2 is 2.17 bits per heavy atom. The highest BCUT2D eigenvalue weighted by atomic mass is 35.5. The molecule has 0 saturated heterocycles. The fourth-order valence-corrected chi connectivity index (χ4v) is 1.83. The molecule has 0 fully saturated rings. The molecule has 0 spiro atoms. The van der Waals surface area contributed by atoms with Crippen molar-refractivity contribution in [2.24, 2.45) is 0 Å². The Hall–Kier alpha value is -2.07. The summed E-state index contributed by atoms with van der Waals surface area (Å²) < 4.78 is 0. The van der Waals surface area contributed by atoms with Crippen LogP contribution in [0.25, 0.3) is 0 Å². The van der Waals surface area contributed by atoms with Gasteiger partial charge >= 0.3 is 0 Å². The van der Waals surface area contributed by atoms with E-state index in [0.717, 1.165) is 5.56 Å². The summed E-state index contributed by atoms with van der Waals surface area (Å²) in [6, 6.07) is 8.56. The Balaban J connectivity index is 2.28. The molecule has 0 aliphatic rings. The normalized spacial score (nSPS) is 10.1. The molecule has 0 unspecified atom stereocenters.